The summed E-state index contributed by atoms with van der Waals surface area (Å²) in [5.41, 5.74) is 1.25. The molecule has 0 heterocycles. The molecule has 0 aliphatic heterocycles. The number of ether oxygens (including phenoxy) is 2. The van der Waals surface area contributed by atoms with Gasteiger partial charge in [-0.1, -0.05) is 18.6 Å². The van der Waals surface area contributed by atoms with E-state index < -0.39 is 0 Å². The van der Waals surface area contributed by atoms with Crippen LogP contribution in [0, 0.1) is 0 Å². The first-order chi connectivity index (χ1) is 10.2. The van der Waals surface area contributed by atoms with Crippen LogP contribution in [-0.2, 0) is 9.53 Å². The number of rotatable bonds is 10. The van der Waals surface area contributed by atoms with Gasteiger partial charge in [-0.3, -0.25) is 4.79 Å². The standard InChI is InChI=1S/C17H27NO3/c1-4-21-17(19)8-6-5-7-13-18-14(2)15-9-11-16(20-3)12-10-15/h9-12,14,18H,4-8,13H2,1-3H3. The Morgan fingerprint density at radius 1 is 1.19 bits per heavy atom. The van der Waals surface area contributed by atoms with E-state index in [1.54, 1.807) is 7.11 Å². The molecule has 1 atom stereocenters. The average molecular weight is 293 g/mol. The molecule has 4 nitrogen and oxygen atoms in total. The van der Waals surface area contributed by atoms with Crippen molar-refractivity contribution in [2.45, 2.75) is 45.6 Å². The Labute approximate surface area is 127 Å². The van der Waals surface area contributed by atoms with E-state index in [9.17, 15) is 4.79 Å². The highest BCUT2D eigenvalue weighted by Gasteiger charge is 2.05. The molecular weight excluding hydrogens is 266 g/mol. The summed E-state index contributed by atoms with van der Waals surface area (Å²) in [7, 11) is 1.67. The number of carbonyl (C=O) groups is 1. The van der Waals surface area contributed by atoms with Gasteiger partial charge in [-0.2, -0.15) is 0 Å². The van der Waals surface area contributed by atoms with Gasteiger partial charge in [0.25, 0.3) is 0 Å². The van der Waals surface area contributed by atoms with Crippen LogP contribution >= 0.6 is 0 Å². The van der Waals surface area contributed by atoms with Gasteiger partial charge >= 0.3 is 5.97 Å². The highest BCUT2D eigenvalue weighted by Crippen LogP contribution is 2.17. The number of esters is 1. The molecule has 0 amide bonds. The zero-order valence-electron chi connectivity index (χ0n) is 13.4. The first-order valence-electron chi connectivity index (χ1n) is 7.70. The van der Waals surface area contributed by atoms with Crippen LogP contribution in [0.15, 0.2) is 24.3 Å². The van der Waals surface area contributed by atoms with Crippen LogP contribution in [0.2, 0.25) is 0 Å². The maximum atomic E-state index is 11.2. The van der Waals surface area contributed by atoms with Crippen LogP contribution in [0.4, 0.5) is 0 Å². The minimum Gasteiger partial charge on any atom is -0.497 e. The normalized spacial score (nSPS) is 12.0. The molecule has 0 aliphatic carbocycles. The van der Waals surface area contributed by atoms with Crippen molar-refractivity contribution in [2.75, 3.05) is 20.3 Å². The molecule has 118 valence electrons. The fraction of sp³-hybridized carbons (Fsp3) is 0.588. The molecule has 0 saturated heterocycles. The minimum atomic E-state index is -0.0861. The largest absolute Gasteiger partial charge is 0.497 e. The van der Waals surface area contributed by atoms with Crippen LogP contribution in [0.5, 0.6) is 5.75 Å². The maximum Gasteiger partial charge on any atom is 0.305 e. The first kappa shape index (κ1) is 17.5. The number of nitrogens with one attached hydrogen (secondary N) is 1. The van der Waals surface area contributed by atoms with Gasteiger partial charge < -0.3 is 14.8 Å². The molecule has 1 aromatic rings. The summed E-state index contributed by atoms with van der Waals surface area (Å²) in [5, 5.41) is 3.49. The fourth-order valence-corrected chi connectivity index (χ4v) is 2.13. The van der Waals surface area contributed by atoms with E-state index in [0.29, 0.717) is 19.1 Å². The lowest BCUT2D eigenvalue weighted by atomic mass is 10.1. The van der Waals surface area contributed by atoms with Crippen molar-refractivity contribution in [3.63, 3.8) is 0 Å². The molecule has 4 heteroatoms. The van der Waals surface area contributed by atoms with Gasteiger partial charge in [-0.05, 0) is 50.9 Å². The van der Waals surface area contributed by atoms with Gasteiger partial charge in [0.1, 0.15) is 5.75 Å². The molecule has 0 aromatic heterocycles. The van der Waals surface area contributed by atoms with Crippen LogP contribution in [-0.4, -0.2) is 26.2 Å². The number of methoxy groups -OCH3 is 1. The van der Waals surface area contributed by atoms with Crippen LogP contribution in [0.1, 0.15) is 51.1 Å². The molecule has 0 aliphatic rings. The van der Waals surface area contributed by atoms with E-state index in [-0.39, 0.29) is 5.97 Å². The lowest BCUT2D eigenvalue weighted by Gasteiger charge is -2.14. The summed E-state index contributed by atoms with van der Waals surface area (Å²) in [4.78, 5) is 11.2. The molecule has 0 spiro atoms. The van der Waals surface area contributed by atoms with Gasteiger partial charge in [0.2, 0.25) is 0 Å². The Kier molecular flexibility index (Phi) is 8.51. The molecular formula is C17H27NO3. The highest BCUT2D eigenvalue weighted by molar-refractivity contribution is 5.69. The van der Waals surface area contributed by atoms with Gasteiger partial charge in [0.05, 0.1) is 13.7 Å². The van der Waals surface area contributed by atoms with E-state index in [2.05, 4.69) is 24.4 Å². The predicted molar refractivity (Wildman–Crippen MR) is 84.5 cm³/mol. The van der Waals surface area contributed by atoms with Crippen molar-refractivity contribution in [1.29, 1.82) is 0 Å². The first-order valence-corrected chi connectivity index (χ1v) is 7.70. The summed E-state index contributed by atoms with van der Waals surface area (Å²) in [5.74, 6) is 0.793. The number of hydrogen-bond acceptors (Lipinski definition) is 4. The summed E-state index contributed by atoms with van der Waals surface area (Å²) >= 11 is 0. The number of carbonyl (C=O) groups excluding carboxylic acids is 1. The fourth-order valence-electron chi connectivity index (χ4n) is 2.13. The van der Waals surface area contributed by atoms with Crippen LogP contribution in [0.25, 0.3) is 0 Å². The lowest BCUT2D eigenvalue weighted by molar-refractivity contribution is -0.143. The molecule has 0 bridgehead atoms. The second-order valence-corrected chi connectivity index (χ2v) is 5.06. The highest BCUT2D eigenvalue weighted by atomic mass is 16.5. The third kappa shape index (κ3) is 7.14. The molecule has 21 heavy (non-hydrogen) atoms. The molecule has 0 radical (unpaired) electrons. The molecule has 1 unspecified atom stereocenters. The average Bonchev–Trinajstić information content (AvgIpc) is 2.51. The van der Waals surface area contributed by atoms with E-state index >= 15 is 0 Å². The van der Waals surface area contributed by atoms with Crippen molar-refractivity contribution >= 4 is 5.97 Å². The smallest absolute Gasteiger partial charge is 0.305 e. The van der Waals surface area contributed by atoms with E-state index in [1.165, 1.54) is 5.56 Å². The monoisotopic (exact) mass is 293 g/mol. The summed E-state index contributed by atoms with van der Waals surface area (Å²) in [6.07, 6.45) is 3.54. The number of unbranched alkanes of at least 4 members (excludes halogenated alkanes) is 2. The molecule has 1 rings (SSSR count). The van der Waals surface area contributed by atoms with Gasteiger partial charge in [-0.25, -0.2) is 0 Å². The Balaban J connectivity index is 2.12. The van der Waals surface area contributed by atoms with Crippen molar-refractivity contribution in [3.05, 3.63) is 29.8 Å². The Bertz CT molecular complexity index is 403. The molecule has 1 aromatic carbocycles. The molecule has 0 saturated carbocycles. The summed E-state index contributed by atoms with van der Waals surface area (Å²) < 4.78 is 10.1. The van der Waals surface area contributed by atoms with Crippen molar-refractivity contribution in [1.82, 2.24) is 5.32 Å². The quantitative estimate of drug-likeness (QED) is 0.530. The molecule has 1 N–H and O–H groups in total. The minimum absolute atomic E-state index is 0.0861. The van der Waals surface area contributed by atoms with E-state index in [0.717, 1.165) is 31.6 Å². The van der Waals surface area contributed by atoms with Gasteiger partial charge in [-0.15, -0.1) is 0 Å². The third-order valence-electron chi connectivity index (χ3n) is 3.43. The maximum absolute atomic E-state index is 11.2. The van der Waals surface area contributed by atoms with Gasteiger partial charge in [0.15, 0.2) is 0 Å². The predicted octanol–water partition coefficient (Wildman–Crippen LogP) is 3.47. The second kappa shape index (κ2) is 10.2. The Morgan fingerprint density at radius 3 is 2.52 bits per heavy atom. The third-order valence-corrected chi connectivity index (χ3v) is 3.43. The van der Waals surface area contributed by atoms with Crippen molar-refractivity contribution in [3.8, 4) is 5.75 Å². The van der Waals surface area contributed by atoms with Crippen LogP contribution in [0.3, 0.4) is 0 Å². The lowest BCUT2D eigenvalue weighted by Crippen LogP contribution is -2.19. The summed E-state index contributed by atoms with van der Waals surface area (Å²) in [6, 6.07) is 8.44. The Hall–Kier alpha value is -1.55. The number of hydrogen-bond donors (Lipinski definition) is 1. The zero-order valence-corrected chi connectivity index (χ0v) is 13.4. The Morgan fingerprint density at radius 2 is 1.90 bits per heavy atom. The van der Waals surface area contributed by atoms with Crippen molar-refractivity contribution < 1.29 is 14.3 Å². The van der Waals surface area contributed by atoms with Crippen LogP contribution < -0.4 is 10.1 Å². The summed E-state index contributed by atoms with van der Waals surface area (Å²) in [6.45, 7) is 5.42. The molecule has 0 fully saturated rings. The zero-order chi connectivity index (χ0) is 15.5. The second-order valence-electron chi connectivity index (χ2n) is 5.06. The SMILES string of the molecule is CCOC(=O)CCCCCNC(C)c1ccc(OC)cc1. The van der Waals surface area contributed by atoms with E-state index in [1.807, 2.05) is 19.1 Å². The van der Waals surface area contributed by atoms with E-state index in [4.69, 9.17) is 9.47 Å². The van der Waals surface area contributed by atoms with Gasteiger partial charge in [0, 0.05) is 12.5 Å². The number of benzene rings is 1. The van der Waals surface area contributed by atoms with Crippen molar-refractivity contribution in [2.24, 2.45) is 0 Å². The topological polar surface area (TPSA) is 47.6 Å².